The molecule has 0 saturated carbocycles. The molecule has 2 N–H and O–H groups in total. The highest BCUT2D eigenvalue weighted by molar-refractivity contribution is 6.21. The van der Waals surface area contributed by atoms with Crippen LogP contribution in [0, 0.1) is 5.41 Å². The normalized spacial score (nSPS) is 14.6. The summed E-state index contributed by atoms with van der Waals surface area (Å²) in [4.78, 5) is 41.4. The van der Waals surface area contributed by atoms with Gasteiger partial charge in [-0.1, -0.05) is 48.5 Å². The maximum atomic E-state index is 13.3. The summed E-state index contributed by atoms with van der Waals surface area (Å²) < 4.78 is 5.93. The van der Waals surface area contributed by atoms with Gasteiger partial charge in [-0.15, -0.1) is 0 Å². The Morgan fingerprint density at radius 3 is 2.30 bits per heavy atom. The Morgan fingerprint density at radius 1 is 0.946 bits per heavy atom. The van der Waals surface area contributed by atoms with Crippen LogP contribution in [0.5, 0.6) is 5.75 Å². The molecule has 2 aliphatic heterocycles. The second-order valence-electron chi connectivity index (χ2n) is 8.84. The number of amides is 3. The van der Waals surface area contributed by atoms with Crippen molar-refractivity contribution in [3.05, 3.63) is 106 Å². The Kier molecular flexibility index (Phi) is 6.55. The number of carbonyl (C=O) groups excluding carboxylic acids is 3. The lowest BCUT2D eigenvalue weighted by molar-refractivity contribution is 0.0628. The van der Waals surface area contributed by atoms with E-state index in [1.807, 2.05) is 36.4 Å². The van der Waals surface area contributed by atoms with Crippen molar-refractivity contribution in [3.8, 4) is 5.75 Å². The van der Waals surface area contributed by atoms with Gasteiger partial charge in [0.25, 0.3) is 17.7 Å². The van der Waals surface area contributed by atoms with Crippen LogP contribution in [0.3, 0.4) is 0 Å². The molecule has 0 atom stereocenters. The monoisotopic (exact) mass is 494 g/mol. The van der Waals surface area contributed by atoms with Gasteiger partial charge in [0.1, 0.15) is 12.4 Å². The quantitative estimate of drug-likeness (QED) is 0.349. The van der Waals surface area contributed by atoms with Crippen molar-refractivity contribution in [3.63, 3.8) is 0 Å². The number of hydrogen-bond donors (Lipinski definition) is 2. The Bertz CT molecular complexity index is 1390. The van der Waals surface area contributed by atoms with Gasteiger partial charge in [0.2, 0.25) is 0 Å². The fourth-order valence-electron chi connectivity index (χ4n) is 4.71. The average molecular weight is 495 g/mol. The van der Waals surface area contributed by atoms with Crippen LogP contribution >= 0.6 is 0 Å². The summed E-state index contributed by atoms with van der Waals surface area (Å²) in [5, 5.41) is 10.5. The van der Waals surface area contributed by atoms with Gasteiger partial charge in [0.05, 0.1) is 23.2 Å². The number of nitrogens with zero attached hydrogens (tertiary/aromatic N) is 2. The molecule has 3 amide bonds. The highest BCUT2D eigenvalue weighted by atomic mass is 16.5. The van der Waals surface area contributed by atoms with Gasteiger partial charge in [-0.2, -0.15) is 0 Å². The molecule has 0 saturated heterocycles. The summed E-state index contributed by atoms with van der Waals surface area (Å²) in [6, 6.07) is 20.0. The van der Waals surface area contributed by atoms with E-state index in [-0.39, 0.29) is 30.9 Å². The molecule has 5 rings (SSSR count). The van der Waals surface area contributed by atoms with Gasteiger partial charge in [-0.3, -0.25) is 19.3 Å². The van der Waals surface area contributed by atoms with Gasteiger partial charge in [-0.05, 0) is 34.9 Å². The third-order valence-corrected chi connectivity index (χ3v) is 6.54. The SMILES string of the molecule is CN/C=C(\C=N)c1ccc(CN2Cc3cccc(OCCN4C(=O)c5ccccc5C4=O)c3C2=O)cc1. The first-order chi connectivity index (χ1) is 18.0. The van der Waals surface area contributed by atoms with Gasteiger partial charge in [-0.25, -0.2) is 0 Å². The molecule has 0 aliphatic carbocycles. The van der Waals surface area contributed by atoms with E-state index in [2.05, 4.69) is 5.32 Å². The molecule has 0 fully saturated rings. The number of carbonyl (C=O) groups is 3. The van der Waals surface area contributed by atoms with Crippen molar-refractivity contribution in [1.29, 1.82) is 5.41 Å². The van der Waals surface area contributed by atoms with Crippen molar-refractivity contribution in [2.45, 2.75) is 13.1 Å². The van der Waals surface area contributed by atoms with Crippen molar-refractivity contribution < 1.29 is 19.1 Å². The zero-order valence-electron chi connectivity index (χ0n) is 20.4. The third kappa shape index (κ3) is 4.49. The summed E-state index contributed by atoms with van der Waals surface area (Å²) in [5.74, 6) is -0.328. The van der Waals surface area contributed by atoms with Crippen LogP contribution < -0.4 is 10.1 Å². The fourth-order valence-corrected chi connectivity index (χ4v) is 4.71. The van der Waals surface area contributed by atoms with Crippen LogP contribution in [0.1, 0.15) is 47.8 Å². The average Bonchev–Trinajstić information content (AvgIpc) is 3.37. The second-order valence-corrected chi connectivity index (χ2v) is 8.84. The minimum atomic E-state index is -0.329. The number of imide groups is 1. The minimum Gasteiger partial charge on any atom is -0.491 e. The van der Waals surface area contributed by atoms with Crippen LogP contribution in [0.25, 0.3) is 5.57 Å². The number of hydrogen-bond acceptors (Lipinski definition) is 6. The molecule has 3 aromatic rings. The molecule has 0 bridgehead atoms. The number of allylic oxidation sites excluding steroid dienone is 1. The first-order valence-electron chi connectivity index (χ1n) is 12.0. The molecule has 0 unspecified atom stereocenters. The fraction of sp³-hybridized carbons (Fsp3) is 0.172. The Morgan fingerprint density at radius 2 is 1.65 bits per heavy atom. The molecule has 8 nitrogen and oxygen atoms in total. The topological polar surface area (TPSA) is 103 Å². The van der Waals surface area contributed by atoms with Gasteiger partial charge >= 0.3 is 0 Å². The Balaban J connectivity index is 1.24. The lowest BCUT2D eigenvalue weighted by atomic mass is 10.1. The molecule has 186 valence electrons. The van der Waals surface area contributed by atoms with Crippen LogP contribution in [0.4, 0.5) is 0 Å². The lowest BCUT2D eigenvalue weighted by Crippen LogP contribution is -2.33. The summed E-state index contributed by atoms with van der Waals surface area (Å²) in [6.07, 6.45) is 3.06. The molecule has 37 heavy (non-hydrogen) atoms. The second kappa shape index (κ2) is 10.1. The van der Waals surface area contributed by atoms with E-state index >= 15 is 0 Å². The summed E-state index contributed by atoms with van der Waals surface area (Å²) in [5.41, 5.74) is 4.86. The largest absolute Gasteiger partial charge is 0.491 e. The summed E-state index contributed by atoms with van der Waals surface area (Å²) in [6.45, 7) is 1.10. The molecule has 8 heteroatoms. The predicted molar refractivity (Wildman–Crippen MR) is 140 cm³/mol. The first-order valence-corrected chi connectivity index (χ1v) is 12.0. The van der Waals surface area contributed by atoms with Crippen molar-refractivity contribution in [2.75, 3.05) is 20.2 Å². The first kappa shape index (κ1) is 24.0. The maximum Gasteiger partial charge on any atom is 0.261 e. The molecule has 2 heterocycles. The van der Waals surface area contributed by atoms with E-state index in [9.17, 15) is 14.4 Å². The van der Waals surface area contributed by atoms with Crippen LogP contribution in [0.15, 0.2) is 72.9 Å². The maximum absolute atomic E-state index is 13.3. The van der Waals surface area contributed by atoms with Gasteiger partial charge in [0.15, 0.2) is 0 Å². The highest BCUT2D eigenvalue weighted by Crippen LogP contribution is 2.32. The molecule has 2 aliphatic rings. The van der Waals surface area contributed by atoms with Gasteiger partial charge in [0, 0.05) is 38.1 Å². The number of rotatable bonds is 9. The number of benzene rings is 3. The smallest absolute Gasteiger partial charge is 0.261 e. The van der Waals surface area contributed by atoms with E-state index in [0.29, 0.717) is 35.5 Å². The highest BCUT2D eigenvalue weighted by Gasteiger charge is 2.35. The minimum absolute atomic E-state index is 0.0894. The third-order valence-electron chi connectivity index (χ3n) is 6.54. The standard InChI is InChI=1S/C29H26N4O4/c1-31-16-22(15-30)20-11-9-19(10-12-20)17-32-18-21-5-4-8-25(26(21)29(32)36)37-14-13-33-27(34)23-6-2-3-7-24(23)28(33)35/h2-12,15-16,30-31H,13-14,17-18H2,1H3/b22-16+,30-15?. The van der Waals surface area contributed by atoms with E-state index in [1.54, 1.807) is 48.5 Å². The number of fused-ring (bicyclic) bond motifs is 2. The van der Waals surface area contributed by atoms with Crippen molar-refractivity contribution in [2.24, 2.45) is 0 Å². The van der Waals surface area contributed by atoms with E-state index in [4.69, 9.17) is 10.1 Å². The predicted octanol–water partition coefficient (Wildman–Crippen LogP) is 3.73. The molecular weight excluding hydrogens is 468 g/mol. The number of ether oxygens (including phenoxy) is 1. The molecule has 0 radical (unpaired) electrons. The zero-order chi connectivity index (χ0) is 25.9. The number of nitrogens with one attached hydrogen (secondary N) is 2. The zero-order valence-corrected chi connectivity index (χ0v) is 20.4. The summed E-state index contributed by atoms with van der Waals surface area (Å²) >= 11 is 0. The van der Waals surface area contributed by atoms with E-state index in [1.165, 1.54) is 11.1 Å². The Hall–Kier alpha value is -4.72. The van der Waals surface area contributed by atoms with Crippen LogP contribution in [-0.2, 0) is 13.1 Å². The van der Waals surface area contributed by atoms with Crippen molar-refractivity contribution >= 4 is 29.5 Å². The van der Waals surface area contributed by atoms with Crippen LogP contribution in [0.2, 0.25) is 0 Å². The van der Waals surface area contributed by atoms with Crippen molar-refractivity contribution in [1.82, 2.24) is 15.1 Å². The molecular formula is C29H26N4O4. The summed E-state index contributed by atoms with van der Waals surface area (Å²) in [7, 11) is 1.79. The Labute approximate surface area is 214 Å². The van der Waals surface area contributed by atoms with Crippen LogP contribution in [-0.4, -0.2) is 53.9 Å². The van der Waals surface area contributed by atoms with E-state index < -0.39 is 0 Å². The molecule has 0 spiro atoms. The van der Waals surface area contributed by atoms with E-state index in [0.717, 1.165) is 22.3 Å². The van der Waals surface area contributed by atoms with Gasteiger partial charge < -0.3 is 20.4 Å². The molecule has 0 aromatic heterocycles. The molecule has 3 aromatic carbocycles. The lowest BCUT2D eigenvalue weighted by Gasteiger charge is -2.17.